The van der Waals surface area contributed by atoms with E-state index in [1.807, 2.05) is 0 Å². The fraction of sp³-hybridized carbons (Fsp3) is 0.0800. The molecule has 0 atom stereocenters. The molecule has 2 heterocycles. The van der Waals surface area contributed by atoms with Crippen LogP contribution in [0.2, 0.25) is 10.0 Å². The summed E-state index contributed by atoms with van der Waals surface area (Å²) in [6.45, 7) is -0.288. The van der Waals surface area contributed by atoms with Crippen LogP contribution in [0.25, 0.3) is 10.1 Å². The summed E-state index contributed by atoms with van der Waals surface area (Å²) in [7, 11) is 1.52. The summed E-state index contributed by atoms with van der Waals surface area (Å²) in [6, 6.07) is 18.6. The molecule has 0 aliphatic carbocycles. The lowest BCUT2D eigenvalue weighted by Gasteiger charge is -2.27. The molecule has 1 aliphatic rings. The molecule has 9 heteroatoms. The van der Waals surface area contributed by atoms with Crippen molar-refractivity contribution in [1.82, 2.24) is 4.90 Å². The van der Waals surface area contributed by atoms with Crippen LogP contribution < -0.4 is 9.64 Å². The van der Waals surface area contributed by atoms with E-state index in [-0.39, 0.29) is 16.6 Å². The average molecular weight is 511 g/mol. The van der Waals surface area contributed by atoms with Gasteiger partial charge in [0.25, 0.3) is 17.7 Å². The Hall–Kier alpha value is -3.39. The van der Waals surface area contributed by atoms with Gasteiger partial charge in [-0.15, -0.1) is 11.3 Å². The average Bonchev–Trinajstić information content (AvgIpc) is 3.30. The van der Waals surface area contributed by atoms with Gasteiger partial charge in [0.2, 0.25) is 0 Å². The van der Waals surface area contributed by atoms with E-state index in [0.29, 0.717) is 33.0 Å². The van der Waals surface area contributed by atoms with Gasteiger partial charge in [0.15, 0.2) is 0 Å². The fourth-order valence-electron chi connectivity index (χ4n) is 3.85. The van der Waals surface area contributed by atoms with E-state index >= 15 is 0 Å². The summed E-state index contributed by atoms with van der Waals surface area (Å²) in [6.07, 6.45) is 0. The van der Waals surface area contributed by atoms with Crippen molar-refractivity contribution in [2.75, 3.05) is 18.7 Å². The molecule has 0 saturated carbocycles. The molecular formula is C25H16Cl2N2O4S. The quantitative estimate of drug-likeness (QED) is 0.303. The molecule has 34 heavy (non-hydrogen) atoms. The van der Waals surface area contributed by atoms with E-state index in [2.05, 4.69) is 0 Å². The Kier molecular flexibility index (Phi) is 5.77. The fourth-order valence-corrected chi connectivity index (χ4v) is 5.59. The molecule has 0 bridgehead atoms. The summed E-state index contributed by atoms with van der Waals surface area (Å²) in [4.78, 5) is 42.5. The minimum Gasteiger partial charge on any atom is -0.497 e. The van der Waals surface area contributed by atoms with Crippen LogP contribution in [0, 0.1) is 0 Å². The largest absolute Gasteiger partial charge is 0.497 e. The number of fused-ring (bicyclic) bond motifs is 2. The van der Waals surface area contributed by atoms with Crippen molar-refractivity contribution in [2.45, 2.75) is 0 Å². The molecule has 1 aromatic heterocycles. The van der Waals surface area contributed by atoms with Crippen molar-refractivity contribution in [3.05, 3.63) is 92.8 Å². The molecule has 0 unspecified atom stereocenters. The van der Waals surface area contributed by atoms with E-state index in [1.54, 1.807) is 66.7 Å². The second kappa shape index (κ2) is 8.76. The van der Waals surface area contributed by atoms with Crippen LogP contribution >= 0.6 is 34.5 Å². The number of rotatable bonds is 5. The molecule has 0 fully saturated rings. The molecule has 0 spiro atoms. The van der Waals surface area contributed by atoms with E-state index in [9.17, 15) is 14.4 Å². The van der Waals surface area contributed by atoms with Crippen LogP contribution in [-0.4, -0.2) is 36.4 Å². The Balaban J connectivity index is 1.58. The third kappa shape index (κ3) is 3.72. The Morgan fingerprint density at radius 2 is 1.68 bits per heavy atom. The zero-order valence-corrected chi connectivity index (χ0v) is 20.1. The lowest BCUT2D eigenvalue weighted by molar-refractivity contribution is 0.0650. The van der Waals surface area contributed by atoms with E-state index in [0.717, 1.165) is 9.60 Å². The lowest BCUT2D eigenvalue weighted by atomic mass is 10.1. The minimum atomic E-state index is -0.462. The maximum absolute atomic E-state index is 13.8. The number of amides is 3. The summed E-state index contributed by atoms with van der Waals surface area (Å²) in [5, 5.41) is 1.52. The first-order valence-electron chi connectivity index (χ1n) is 10.2. The number of carbonyl (C=O) groups excluding carboxylic acids is 3. The standard InChI is InChI=1S/C25H16Cl2N2O4S/c1-33-16-6-4-5-15(12-16)28(13-29-23(30)17-7-2-3-8-18(17)24(29)31)25(32)22-21(27)19-10-9-14(26)11-20(19)34-22/h2-12H,13H2,1H3. The number of hydrogen-bond donors (Lipinski definition) is 0. The van der Waals surface area contributed by atoms with E-state index in [1.165, 1.54) is 23.3 Å². The van der Waals surface area contributed by atoms with Crippen molar-refractivity contribution >= 4 is 68.0 Å². The highest BCUT2D eigenvalue weighted by molar-refractivity contribution is 7.21. The SMILES string of the molecule is COc1cccc(N(CN2C(=O)c3ccccc3C2=O)C(=O)c2sc3cc(Cl)ccc3c2Cl)c1. The van der Waals surface area contributed by atoms with Crippen molar-refractivity contribution in [3.63, 3.8) is 0 Å². The molecule has 4 aromatic rings. The molecule has 5 rings (SSSR count). The second-order valence-corrected chi connectivity index (χ2v) is 9.41. The molecule has 0 saturated heterocycles. The number of imide groups is 1. The van der Waals surface area contributed by atoms with Crippen molar-refractivity contribution in [2.24, 2.45) is 0 Å². The van der Waals surface area contributed by atoms with Gasteiger partial charge >= 0.3 is 0 Å². The predicted octanol–water partition coefficient (Wildman–Crippen LogP) is 6.12. The highest BCUT2D eigenvalue weighted by Gasteiger charge is 2.38. The van der Waals surface area contributed by atoms with Gasteiger partial charge in [0.1, 0.15) is 17.3 Å². The Labute approximate surface area is 208 Å². The Morgan fingerprint density at radius 3 is 2.35 bits per heavy atom. The van der Waals surface area contributed by atoms with Gasteiger partial charge in [-0.3, -0.25) is 24.2 Å². The zero-order chi connectivity index (χ0) is 24.0. The Bertz CT molecular complexity index is 1450. The van der Waals surface area contributed by atoms with Crippen LogP contribution in [0.5, 0.6) is 5.75 Å². The first-order valence-corrected chi connectivity index (χ1v) is 11.7. The first kappa shape index (κ1) is 22.4. The highest BCUT2D eigenvalue weighted by atomic mass is 35.5. The van der Waals surface area contributed by atoms with Gasteiger partial charge in [-0.25, -0.2) is 0 Å². The smallest absolute Gasteiger partial charge is 0.271 e. The number of anilines is 1. The summed E-state index contributed by atoms with van der Waals surface area (Å²) < 4.78 is 6.07. The second-order valence-electron chi connectivity index (χ2n) is 7.55. The number of thiophene rings is 1. The molecular weight excluding hydrogens is 495 g/mol. The van der Waals surface area contributed by atoms with E-state index in [4.69, 9.17) is 27.9 Å². The number of hydrogen-bond acceptors (Lipinski definition) is 5. The van der Waals surface area contributed by atoms with Gasteiger partial charge in [-0.2, -0.15) is 0 Å². The third-order valence-electron chi connectivity index (χ3n) is 5.56. The molecule has 3 amide bonds. The van der Waals surface area contributed by atoms with E-state index < -0.39 is 17.7 Å². The number of ether oxygens (including phenoxy) is 1. The number of nitrogens with zero attached hydrogens (tertiary/aromatic N) is 2. The van der Waals surface area contributed by atoms with Gasteiger partial charge in [0, 0.05) is 26.9 Å². The molecule has 0 N–H and O–H groups in total. The van der Waals surface area contributed by atoms with Crippen molar-refractivity contribution in [1.29, 1.82) is 0 Å². The van der Waals surface area contributed by atoms with Crippen LogP contribution in [-0.2, 0) is 0 Å². The summed E-state index contributed by atoms with van der Waals surface area (Å²) in [5.74, 6) is -0.856. The van der Waals surface area contributed by atoms with Gasteiger partial charge < -0.3 is 4.74 Å². The van der Waals surface area contributed by atoms with Crippen LogP contribution in [0.4, 0.5) is 5.69 Å². The topological polar surface area (TPSA) is 66.9 Å². The van der Waals surface area contributed by atoms with Crippen molar-refractivity contribution in [3.8, 4) is 5.75 Å². The van der Waals surface area contributed by atoms with Crippen LogP contribution in [0.3, 0.4) is 0 Å². The summed E-state index contributed by atoms with van der Waals surface area (Å²) >= 11 is 13.9. The first-order chi connectivity index (χ1) is 16.4. The number of benzene rings is 3. The maximum Gasteiger partial charge on any atom is 0.271 e. The summed E-state index contributed by atoms with van der Waals surface area (Å²) in [5.41, 5.74) is 1.06. The molecule has 0 radical (unpaired) electrons. The van der Waals surface area contributed by atoms with Gasteiger partial charge in [-0.1, -0.05) is 47.5 Å². The molecule has 3 aromatic carbocycles. The predicted molar refractivity (Wildman–Crippen MR) is 133 cm³/mol. The number of methoxy groups -OCH3 is 1. The normalized spacial score (nSPS) is 12.9. The van der Waals surface area contributed by atoms with Crippen LogP contribution in [0.15, 0.2) is 66.7 Å². The molecule has 6 nitrogen and oxygen atoms in total. The van der Waals surface area contributed by atoms with Gasteiger partial charge in [-0.05, 0) is 36.4 Å². The van der Waals surface area contributed by atoms with Gasteiger partial charge in [0.05, 0.1) is 23.3 Å². The molecule has 1 aliphatic heterocycles. The molecule has 170 valence electrons. The van der Waals surface area contributed by atoms with Crippen LogP contribution in [0.1, 0.15) is 30.4 Å². The monoisotopic (exact) mass is 510 g/mol. The Morgan fingerprint density at radius 1 is 0.971 bits per heavy atom. The van der Waals surface area contributed by atoms with Crippen molar-refractivity contribution < 1.29 is 19.1 Å². The third-order valence-corrected chi connectivity index (χ3v) is 7.44. The highest BCUT2D eigenvalue weighted by Crippen LogP contribution is 2.38. The minimum absolute atomic E-state index is 0.276. The zero-order valence-electron chi connectivity index (χ0n) is 17.7. The number of halogens is 2. The lowest BCUT2D eigenvalue weighted by Crippen LogP contribution is -2.44. The maximum atomic E-state index is 13.8. The number of carbonyl (C=O) groups is 3.